The molecule has 1 unspecified atom stereocenters. The summed E-state index contributed by atoms with van der Waals surface area (Å²) in [6.45, 7) is 5.77. The van der Waals surface area contributed by atoms with Crippen LogP contribution >= 0.6 is 0 Å². The van der Waals surface area contributed by atoms with Crippen LogP contribution in [0.15, 0.2) is 0 Å². The zero-order valence-corrected chi connectivity index (χ0v) is 14.5. The maximum atomic E-state index is 12.8. The third-order valence-electron chi connectivity index (χ3n) is 4.00. The van der Waals surface area contributed by atoms with Crippen molar-refractivity contribution in [3.8, 4) is 0 Å². The standard InChI is InChI=1S/C15H21F3N6O/c1-8(19-4)7-20-12(25)6-5-11-9(2)21-14-22-13(15(16,17)18)23-24(14)10(11)3/h8,19H,5-7H2,1-4H3,(H,20,25). The van der Waals surface area contributed by atoms with E-state index in [0.717, 1.165) is 4.52 Å². The van der Waals surface area contributed by atoms with E-state index in [4.69, 9.17) is 0 Å². The Morgan fingerprint density at radius 1 is 1.28 bits per heavy atom. The average molecular weight is 358 g/mol. The first-order valence-electron chi connectivity index (χ1n) is 7.87. The van der Waals surface area contributed by atoms with Crippen molar-refractivity contribution in [3.05, 3.63) is 22.8 Å². The molecule has 0 aliphatic rings. The van der Waals surface area contributed by atoms with Gasteiger partial charge in [-0.2, -0.15) is 18.2 Å². The minimum Gasteiger partial charge on any atom is -0.355 e. The molecule has 2 heterocycles. The molecule has 25 heavy (non-hydrogen) atoms. The summed E-state index contributed by atoms with van der Waals surface area (Å²) in [5.74, 6) is -1.45. The summed E-state index contributed by atoms with van der Waals surface area (Å²) in [4.78, 5) is 19.4. The molecule has 138 valence electrons. The van der Waals surface area contributed by atoms with Gasteiger partial charge in [0.2, 0.25) is 5.91 Å². The molecular weight excluding hydrogens is 337 g/mol. The number of rotatable bonds is 6. The van der Waals surface area contributed by atoms with Crippen LogP contribution in [0.1, 0.15) is 36.1 Å². The molecule has 2 N–H and O–H groups in total. The molecule has 0 saturated carbocycles. The van der Waals surface area contributed by atoms with Crippen LogP contribution in [0, 0.1) is 13.8 Å². The van der Waals surface area contributed by atoms with Crippen LogP contribution in [0.5, 0.6) is 0 Å². The van der Waals surface area contributed by atoms with E-state index in [1.807, 2.05) is 6.92 Å². The van der Waals surface area contributed by atoms with Crippen LogP contribution in [0.3, 0.4) is 0 Å². The topological polar surface area (TPSA) is 84.2 Å². The normalized spacial score (nSPS) is 13.2. The zero-order valence-electron chi connectivity index (χ0n) is 14.5. The number of likely N-dealkylation sites (N-methyl/N-ethyl adjacent to an activating group) is 1. The van der Waals surface area contributed by atoms with Gasteiger partial charge in [-0.25, -0.2) is 9.50 Å². The van der Waals surface area contributed by atoms with Crippen molar-refractivity contribution in [2.24, 2.45) is 0 Å². The van der Waals surface area contributed by atoms with Gasteiger partial charge in [0.1, 0.15) is 0 Å². The lowest BCUT2D eigenvalue weighted by atomic mass is 10.1. The Balaban J connectivity index is 2.17. The van der Waals surface area contributed by atoms with Gasteiger partial charge in [0, 0.05) is 30.4 Å². The fraction of sp³-hybridized carbons (Fsp3) is 0.600. The maximum absolute atomic E-state index is 12.8. The molecule has 2 aromatic rings. The fourth-order valence-electron chi connectivity index (χ4n) is 2.39. The number of halogens is 3. The third-order valence-corrected chi connectivity index (χ3v) is 4.00. The highest BCUT2D eigenvalue weighted by Crippen LogP contribution is 2.27. The van der Waals surface area contributed by atoms with Gasteiger partial charge in [0.05, 0.1) is 0 Å². The largest absolute Gasteiger partial charge is 0.453 e. The van der Waals surface area contributed by atoms with Crippen molar-refractivity contribution >= 4 is 11.7 Å². The third kappa shape index (κ3) is 4.44. The molecule has 0 saturated heterocycles. The molecule has 0 radical (unpaired) electrons. The van der Waals surface area contributed by atoms with Crippen LogP contribution in [0.25, 0.3) is 5.78 Å². The van der Waals surface area contributed by atoms with Crippen LogP contribution in [0.2, 0.25) is 0 Å². The monoisotopic (exact) mass is 358 g/mol. The lowest BCUT2D eigenvalue weighted by molar-refractivity contribution is -0.144. The van der Waals surface area contributed by atoms with Gasteiger partial charge in [0.15, 0.2) is 0 Å². The molecule has 0 fully saturated rings. The Morgan fingerprint density at radius 3 is 2.56 bits per heavy atom. The quantitative estimate of drug-likeness (QED) is 0.816. The second-order valence-electron chi connectivity index (χ2n) is 5.90. The van der Waals surface area contributed by atoms with Gasteiger partial charge in [0.25, 0.3) is 11.6 Å². The summed E-state index contributed by atoms with van der Waals surface area (Å²) in [5, 5.41) is 9.30. The zero-order chi connectivity index (χ0) is 18.8. The lowest BCUT2D eigenvalue weighted by Gasteiger charge is -2.13. The van der Waals surface area contributed by atoms with Crippen LogP contribution in [-0.4, -0.2) is 45.1 Å². The first-order chi connectivity index (χ1) is 11.6. The fourth-order valence-corrected chi connectivity index (χ4v) is 2.39. The van der Waals surface area contributed by atoms with Gasteiger partial charge in [-0.3, -0.25) is 4.79 Å². The molecule has 0 bridgehead atoms. The van der Waals surface area contributed by atoms with E-state index in [-0.39, 0.29) is 24.1 Å². The van der Waals surface area contributed by atoms with Crippen molar-refractivity contribution < 1.29 is 18.0 Å². The van der Waals surface area contributed by atoms with Crippen molar-refractivity contribution in [1.29, 1.82) is 0 Å². The number of aromatic nitrogens is 4. The number of hydrogen-bond donors (Lipinski definition) is 2. The smallest absolute Gasteiger partial charge is 0.355 e. The number of alkyl halides is 3. The summed E-state index contributed by atoms with van der Waals surface area (Å²) in [7, 11) is 1.80. The minimum atomic E-state index is -4.63. The Morgan fingerprint density at radius 2 is 1.96 bits per heavy atom. The first-order valence-corrected chi connectivity index (χ1v) is 7.87. The van der Waals surface area contributed by atoms with E-state index in [0.29, 0.717) is 29.9 Å². The number of fused-ring (bicyclic) bond motifs is 1. The highest BCUT2D eigenvalue weighted by molar-refractivity contribution is 5.76. The summed E-state index contributed by atoms with van der Waals surface area (Å²) in [6, 6.07) is 0.154. The van der Waals surface area contributed by atoms with Gasteiger partial charge >= 0.3 is 6.18 Å². The molecular formula is C15H21F3N6O. The first kappa shape index (κ1) is 19.1. The minimum absolute atomic E-state index is 0.0987. The number of hydrogen-bond acceptors (Lipinski definition) is 5. The summed E-state index contributed by atoms with van der Waals surface area (Å²) < 4.78 is 39.4. The highest BCUT2D eigenvalue weighted by atomic mass is 19.4. The van der Waals surface area contributed by atoms with Gasteiger partial charge in [-0.05, 0) is 39.8 Å². The summed E-state index contributed by atoms with van der Waals surface area (Å²) in [6.07, 6.45) is -4.05. The van der Waals surface area contributed by atoms with E-state index >= 15 is 0 Å². The summed E-state index contributed by atoms with van der Waals surface area (Å²) in [5.41, 5.74) is 1.74. The molecule has 1 amide bonds. The lowest BCUT2D eigenvalue weighted by Crippen LogP contribution is -2.37. The molecule has 2 rings (SSSR count). The van der Waals surface area contributed by atoms with Crippen LogP contribution in [-0.2, 0) is 17.4 Å². The molecule has 0 aromatic carbocycles. The average Bonchev–Trinajstić information content (AvgIpc) is 2.96. The van der Waals surface area contributed by atoms with Gasteiger partial charge < -0.3 is 10.6 Å². The molecule has 2 aromatic heterocycles. The van der Waals surface area contributed by atoms with Crippen LogP contribution in [0.4, 0.5) is 13.2 Å². The number of carbonyl (C=O) groups excluding carboxylic acids is 1. The van der Waals surface area contributed by atoms with Gasteiger partial charge in [-0.15, -0.1) is 5.10 Å². The van der Waals surface area contributed by atoms with E-state index in [1.165, 1.54) is 0 Å². The Bertz CT molecular complexity index is 771. The molecule has 0 spiro atoms. The number of aryl methyl sites for hydroxylation is 2. The SMILES string of the molecule is CNC(C)CNC(=O)CCc1c(C)nc2nc(C(F)(F)F)nn2c1C. The predicted molar refractivity (Wildman–Crippen MR) is 85.1 cm³/mol. The molecule has 0 aliphatic carbocycles. The number of nitrogens with zero attached hydrogens (tertiary/aromatic N) is 4. The second kappa shape index (κ2) is 7.34. The van der Waals surface area contributed by atoms with Crippen molar-refractivity contribution in [2.75, 3.05) is 13.6 Å². The Hall–Kier alpha value is -2.23. The Labute approximate surface area is 143 Å². The number of amides is 1. The second-order valence-corrected chi connectivity index (χ2v) is 5.90. The number of nitrogens with one attached hydrogen (secondary N) is 2. The summed E-state index contributed by atoms with van der Waals surface area (Å²) >= 11 is 0. The van der Waals surface area contributed by atoms with Crippen molar-refractivity contribution in [2.45, 2.75) is 45.8 Å². The van der Waals surface area contributed by atoms with E-state index < -0.39 is 12.0 Å². The number of carbonyl (C=O) groups is 1. The molecule has 10 heteroatoms. The Kier molecular flexibility index (Phi) is 5.61. The molecule has 0 aliphatic heterocycles. The van der Waals surface area contributed by atoms with Gasteiger partial charge in [-0.1, -0.05) is 0 Å². The highest BCUT2D eigenvalue weighted by Gasteiger charge is 2.36. The molecule has 7 nitrogen and oxygen atoms in total. The van der Waals surface area contributed by atoms with Crippen molar-refractivity contribution in [1.82, 2.24) is 30.2 Å². The van der Waals surface area contributed by atoms with E-state index in [2.05, 4.69) is 25.7 Å². The van der Waals surface area contributed by atoms with E-state index in [9.17, 15) is 18.0 Å². The van der Waals surface area contributed by atoms with Crippen LogP contribution < -0.4 is 10.6 Å². The van der Waals surface area contributed by atoms with E-state index in [1.54, 1.807) is 20.9 Å². The van der Waals surface area contributed by atoms with Crippen molar-refractivity contribution in [3.63, 3.8) is 0 Å². The predicted octanol–water partition coefficient (Wildman–Crippen LogP) is 1.42. The maximum Gasteiger partial charge on any atom is 0.453 e. The molecule has 1 atom stereocenters.